The third-order valence-corrected chi connectivity index (χ3v) is 3.44. The van der Waals surface area contributed by atoms with Crippen LogP contribution >= 0.6 is 0 Å². The highest BCUT2D eigenvalue weighted by molar-refractivity contribution is 5.69. The number of unbranched alkanes of at least 4 members (excludes halogenated alkanes) is 1. The van der Waals surface area contributed by atoms with Gasteiger partial charge in [-0.25, -0.2) is 4.79 Å². The molecule has 1 rings (SSSR count). The summed E-state index contributed by atoms with van der Waals surface area (Å²) < 4.78 is 5.51. The summed E-state index contributed by atoms with van der Waals surface area (Å²) in [7, 11) is 0. The molecule has 0 bridgehead atoms. The van der Waals surface area contributed by atoms with Gasteiger partial charge in [0.15, 0.2) is 0 Å². The molecule has 0 radical (unpaired) electrons. The Morgan fingerprint density at radius 3 is 2.35 bits per heavy atom. The van der Waals surface area contributed by atoms with Crippen LogP contribution in [-0.4, -0.2) is 54.7 Å². The predicted octanol–water partition coefficient (Wildman–Crippen LogP) is 3.22. The topological polar surface area (TPSA) is 32.8 Å². The number of rotatable bonds is 9. The number of nitrogens with zero attached hydrogens (tertiary/aromatic N) is 2. The van der Waals surface area contributed by atoms with E-state index in [0.717, 1.165) is 45.6 Å². The fraction of sp³-hybridized carbons (Fsp3) is 0.938. The lowest BCUT2D eigenvalue weighted by Crippen LogP contribution is -2.39. The lowest BCUT2D eigenvalue weighted by atomic mass is 10.1. The first-order valence-electron chi connectivity index (χ1n) is 8.10. The monoisotopic (exact) mass is 284 g/mol. The average Bonchev–Trinajstić information content (AvgIpc) is 2.65. The van der Waals surface area contributed by atoms with Crippen LogP contribution in [0.3, 0.4) is 0 Å². The van der Waals surface area contributed by atoms with Gasteiger partial charge in [-0.1, -0.05) is 41.0 Å². The summed E-state index contributed by atoms with van der Waals surface area (Å²) in [4.78, 5) is 16.1. The van der Waals surface area contributed by atoms with Gasteiger partial charge in [-0.05, 0) is 18.3 Å². The molecule has 118 valence electrons. The molecule has 0 aromatic rings. The smallest absolute Gasteiger partial charge is 0.410 e. The largest absolute Gasteiger partial charge is 0.443 e. The normalized spacial score (nSPS) is 19.5. The van der Waals surface area contributed by atoms with Crippen molar-refractivity contribution in [2.45, 2.75) is 53.6 Å². The van der Waals surface area contributed by atoms with Crippen LogP contribution in [0.15, 0.2) is 0 Å². The molecule has 4 nitrogen and oxygen atoms in total. The summed E-state index contributed by atoms with van der Waals surface area (Å²) in [5.74, 6) is 1.28. The number of cyclic esters (lactones) is 1. The Morgan fingerprint density at radius 1 is 1.25 bits per heavy atom. The standard InChI is InChI=1S/C16H32N2O2/c1-6-7-8-18-12-15(20-16(18)19)11-17(9-13(2)3)10-14(4)5/h13-15H,6-12H2,1-5H3. The molecule has 1 aliphatic rings. The first-order valence-corrected chi connectivity index (χ1v) is 8.10. The van der Waals surface area contributed by atoms with Gasteiger partial charge >= 0.3 is 6.09 Å². The van der Waals surface area contributed by atoms with Crippen LogP contribution in [0.2, 0.25) is 0 Å². The van der Waals surface area contributed by atoms with E-state index in [0.29, 0.717) is 11.8 Å². The molecule has 1 atom stereocenters. The Kier molecular flexibility index (Phi) is 7.35. The van der Waals surface area contributed by atoms with Gasteiger partial charge in [-0.15, -0.1) is 0 Å². The quantitative estimate of drug-likeness (QED) is 0.652. The molecule has 1 unspecified atom stereocenters. The first kappa shape index (κ1) is 17.3. The van der Waals surface area contributed by atoms with Gasteiger partial charge in [0.05, 0.1) is 6.54 Å². The summed E-state index contributed by atoms with van der Waals surface area (Å²) in [5.41, 5.74) is 0. The summed E-state index contributed by atoms with van der Waals surface area (Å²) in [6.45, 7) is 15.7. The van der Waals surface area contributed by atoms with Crippen LogP contribution in [0.5, 0.6) is 0 Å². The Bertz CT molecular complexity index is 282. The van der Waals surface area contributed by atoms with E-state index in [1.54, 1.807) is 0 Å². The number of hydrogen-bond acceptors (Lipinski definition) is 3. The van der Waals surface area contributed by atoms with Gasteiger partial charge in [0.25, 0.3) is 0 Å². The second kappa shape index (κ2) is 8.50. The summed E-state index contributed by atoms with van der Waals surface area (Å²) in [6, 6.07) is 0. The molecular formula is C16H32N2O2. The number of amides is 1. The molecule has 0 spiro atoms. The van der Waals surface area contributed by atoms with Crippen molar-refractivity contribution in [2.24, 2.45) is 11.8 Å². The zero-order valence-electron chi connectivity index (χ0n) is 13.9. The van der Waals surface area contributed by atoms with E-state index in [4.69, 9.17) is 4.74 Å². The van der Waals surface area contributed by atoms with Gasteiger partial charge in [0.1, 0.15) is 6.10 Å². The highest BCUT2D eigenvalue weighted by atomic mass is 16.6. The van der Waals surface area contributed by atoms with Crippen LogP contribution in [0, 0.1) is 11.8 Å². The van der Waals surface area contributed by atoms with Crippen molar-refractivity contribution in [1.29, 1.82) is 0 Å². The molecule has 1 saturated heterocycles. The van der Waals surface area contributed by atoms with Crippen LogP contribution in [0.25, 0.3) is 0 Å². The fourth-order valence-electron chi connectivity index (χ4n) is 2.75. The van der Waals surface area contributed by atoms with Crippen LogP contribution in [-0.2, 0) is 4.74 Å². The van der Waals surface area contributed by atoms with E-state index in [1.165, 1.54) is 0 Å². The molecule has 0 aromatic heterocycles. The number of carbonyl (C=O) groups excluding carboxylic acids is 1. The minimum Gasteiger partial charge on any atom is -0.443 e. The lowest BCUT2D eigenvalue weighted by Gasteiger charge is -2.27. The first-order chi connectivity index (χ1) is 9.42. The number of ether oxygens (including phenoxy) is 1. The highest BCUT2D eigenvalue weighted by Gasteiger charge is 2.31. The molecule has 4 heteroatoms. The van der Waals surface area contributed by atoms with Crippen molar-refractivity contribution < 1.29 is 9.53 Å². The molecule has 1 heterocycles. The Hall–Kier alpha value is -0.770. The van der Waals surface area contributed by atoms with Gasteiger partial charge in [-0.2, -0.15) is 0 Å². The lowest BCUT2D eigenvalue weighted by molar-refractivity contribution is 0.0972. The maximum Gasteiger partial charge on any atom is 0.410 e. The van der Waals surface area contributed by atoms with Crippen LogP contribution < -0.4 is 0 Å². The zero-order chi connectivity index (χ0) is 15.1. The molecule has 0 aromatic carbocycles. The van der Waals surface area contributed by atoms with E-state index in [9.17, 15) is 4.79 Å². The Labute approximate surface area is 124 Å². The summed E-state index contributed by atoms with van der Waals surface area (Å²) >= 11 is 0. The van der Waals surface area contributed by atoms with Crippen molar-refractivity contribution in [2.75, 3.05) is 32.7 Å². The van der Waals surface area contributed by atoms with E-state index >= 15 is 0 Å². The van der Waals surface area contributed by atoms with Gasteiger partial charge < -0.3 is 9.64 Å². The van der Waals surface area contributed by atoms with Gasteiger partial charge in [0.2, 0.25) is 0 Å². The van der Waals surface area contributed by atoms with Crippen molar-refractivity contribution in [3.05, 3.63) is 0 Å². The second-order valence-electron chi connectivity index (χ2n) is 6.81. The Morgan fingerprint density at radius 2 is 1.85 bits per heavy atom. The van der Waals surface area contributed by atoms with Crippen molar-refractivity contribution in [1.82, 2.24) is 9.80 Å². The van der Waals surface area contributed by atoms with Crippen molar-refractivity contribution in [3.63, 3.8) is 0 Å². The summed E-state index contributed by atoms with van der Waals surface area (Å²) in [5, 5.41) is 0. The van der Waals surface area contributed by atoms with Gasteiger partial charge in [0, 0.05) is 26.2 Å². The minimum atomic E-state index is -0.127. The molecule has 1 amide bonds. The Balaban J connectivity index is 2.46. The van der Waals surface area contributed by atoms with E-state index in [2.05, 4.69) is 39.5 Å². The molecule has 0 N–H and O–H groups in total. The molecular weight excluding hydrogens is 252 g/mol. The van der Waals surface area contributed by atoms with E-state index in [1.807, 2.05) is 4.90 Å². The number of carbonyl (C=O) groups is 1. The van der Waals surface area contributed by atoms with Crippen LogP contribution in [0.4, 0.5) is 4.79 Å². The SMILES string of the molecule is CCCCN1CC(CN(CC(C)C)CC(C)C)OC1=O. The molecule has 1 aliphatic heterocycles. The molecule has 20 heavy (non-hydrogen) atoms. The third-order valence-electron chi connectivity index (χ3n) is 3.44. The van der Waals surface area contributed by atoms with Crippen LogP contribution in [0.1, 0.15) is 47.5 Å². The van der Waals surface area contributed by atoms with E-state index in [-0.39, 0.29) is 12.2 Å². The van der Waals surface area contributed by atoms with Crippen molar-refractivity contribution in [3.8, 4) is 0 Å². The maximum absolute atomic E-state index is 11.8. The summed E-state index contributed by atoms with van der Waals surface area (Å²) in [6.07, 6.45) is 2.08. The average molecular weight is 284 g/mol. The maximum atomic E-state index is 11.8. The van der Waals surface area contributed by atoms with Crippen molar-refractivity contribution >= 4 is 6.09 Å². The predicted molar refractivity (Wildman–Crippen MR) is 82.9 cm³/mol. The fourth-order valence-corrected chi connectivity index (χ4v) is 2.75. The molecule has 0 aliphatic carbocycles. The van der Waals surface area contributed by atoms with Gasteiger partial charge in [-0.3, -0.25) is 4.90 Å². The zero-order valence-corrected chi connectivity index (χ0v) is 13.9. The minimum absolute atomic E-state index is 0.0388. The third kappa shape index (κ3) is 6.12. The molecule has 1 fully saturated rings. The highest BCUT2D eigenvalue weighted by Crippen LogP contribution is 2.15. The second-order valence-corrected chi connectivity index (χ2v) is 6.81. The number of hydrogen-bond donors (Lipinski definition) is 0. The molecule has 0 saturated carbocycles. The van der Waals surface area contributed by atoms with E-state index < -0.39 is 0 Å².